The summed E-state index contributed by atoms with van der Waals surface area (Å²) in [6.45, 7) is 4.82. The van der Waals surface area contributed by atoms with Crippen molar-refractivity contribution in [2.75, 3.05) is 7.11 Å². The SMILES string of the molecule is COC(=O)C(C)[C@H](C)[C@H](C)F. The first-order valence-corrected chi connectivity index (χ1v) is 3.72. The quantitative estimate of drug-likeness (QED) is 0.591. The van der Waals surface area contributed by atoms with E-state index in [1.54, 1.807) is 13.8 Å². The lowest BCUT2D eigenvalue weighted by molar-refractivity contribution is -0.147. The van der Waals surface area contributed by atoms with Crippen LogP contribution in [0.5, 0.6) is 0 Å². The third-order valence-electron chi connectivity index (χ3n) is 2.09. The Morgan fingerprint density at radius 3 is 2.09 bits per heavy atom. The molecule has 0 aromatic carbocycles. The molecule has 0 spiro atoms. The number of methoxy groups -OCH3 is 1. The molecular formula is C8H15FO2. The van der Waals surface area contributed by atoms with Crippen molar-refractivity contribution in [2.45, 2.75) is 26.9 Å². The van der Waals surface area contributed by atoms with Gasteiger partial charge in [0.1, 0.15) is 6.17 Å². The average molecular weight is 162 g/mol. The molecule has 1 unspecified atom stereocenters. The van der Waals surface area contributed by atoms with Gasteiger partial charge < -0.3 is 4.74 Å². The third kappa shape index (κ3) is 2.87. The van der Waals surface area contributed by atoms with Gasteiger partial charge in [-0.1, -0.05) is 13.8 Å². The molecule has 0 aromatic heterocycles. The molecular weight excluding hydrogens is 147 g/mol. The van der Waals surface area contributed by atoms with E-state index in [1.165, 1.54) is 14.0 Å². The van der Waals surface area contributed by atoms with E-state index < -0.39 is 6.17 Å². The minimum atomic E-state index is -0.968. The van der Waals surface area contributed by atoms with Crippen LogP contribution in [0.3, 0.4) is 0 Å². The first-order chi connectivity index (χ1) is 5.00. The monoisotopic (exact) mass is 162 g/mol. The highest BCUT2D eigenvalue weighted by molar-refractivity contribution is 5.72. The van der Waals surface area contributed by atoms with Crippen molar-refractivity contribution in [1.29, 1.82) is 0 Å². The molecule has 66 valence electrons. The molecule has 0 saturated carbocycles. The number of alkyl halides is 1. The molecule has 0 aliphatic carbocycles. The van der Waals surface area contributed by atoms with Crippen LogP contribution in [0, 0.1) is 11.8 Å². The second-order valence-corrected chi connectivity index (χ2v) is 2.85. The number of hydrogen-bond donors (Lipinski definition) is 0. The molecule has 0 N–H and O–H groups in total. The highest BCUT2D eigenvalue weighted by Crippen LogP contribution is 2.18. The summed E-state index contributed by atoms with van der Waals surface area (Å²) in [5.41, 5.74) is 0. The zero-order chi connectivity index (χ0) is 9.02. The van der Waals surface area contributed by atoms with Crippen LogP contribution in [0.1, 0.15) is 20.8 Å². The molecule has 3 atom stereocenters. The van der Waals surface area contributed by atoms with Crippen LogP contribution < -0.4 is 0 Å². The Morgan fingerprint density at radius 1 is 1.36 bits per heavy atom. The highest BCUT2D eigenvalue weighted by atomic mass is 19.1. The zero-order valence-electron chi connectivity index (χ0n) is 7.43. The van der Waals surface area contributed by atoms with Gasteiger partial charge in [-0.05, 0) is 12.8 Å². The number of carbonyl (C=O) groups excluding carboxylic acids is 1. The van der Waals surface area contributed by atoms with Gasteiger partial charge in [0, 0.05) is 0 Å². The van der Waals surface area contributed by atoms with E-state index in [0.29, 0.717) is 0 Å². The number of esters is 1. The van der Waals surface area contributed by atoms with Gasteiger partial charge in [-0.25, -0.2) is 4.39 Å². The Labute approximate surface area is 66.7 Å². The fraction of sp³-hybridized carbons (Fsp3) is 0.875. The van der Waals surface area contributed by atoms with Gasteiger partial charge in [-0.3, -0.25) is 4.79 Å². The van der Waals surface area contributed by atoms with Crippen molar-refractivity contribution < 1.29 is 13.9 Å². The van der Waals surface area contributed by atoms with E-state index >= 15 is 0 Å². The first kappa shape index (κ1) is 10.4. The molecule has 0 saturated heterocycles. The minimum absolute atomic E-state index is 0.276. The number of carbonyl (C=O) groups is 1. The summed E-state index contributed by atoms with van der Waals surface area (Å²) in [6, 6.07) is 0. The fourth-order valence-corrected chi connectivity index (χ4v) is 0.798. The number of ether oxygens (including phenoxy) is 1. The number of halogens is 1. The Hall–Kier alpha value is -0.600. The van der Waals surface area contributed by atoms with E-state index in [-0.39, 0.29) is 17.8 Å². The zero-order valence-corrected chi connectivity index (χ0v) is 7.43. The van der Waals surface area contributed by atoms with Crippen LogP contribution in [0.4, 0.5) is 4.39 Å². The van der Waals surface area contributed by atoms with E-state index in [2.05, 4.69) is 4.74 Å². The Balaban J connectivity index is 4.01. The average Bonchev–Trinajstić information content (AvgIpc) is 2.00. The lowest BCUT2D eigenvalue weighted by Gasteiger charge is -2.18. The number of hydrogen-bond acceptors (Lipinski definition) is 2. The molecule has 11 heavy (non-hydrogen) atoms. The Bertz CT molecular complexity index is 134. The fourth-order valence-electron chi connectivity index (χ4n) is 0.798. The largest absolute Gasteiger partial charge is 0.469 e. The normalized spacial score (nSPS) is 18.6. The smallest absolute Gasteiger partial charge is 0.308 e. The molecule has 0 fully saturated rings. The Kier molecular flexibility index (Phi) is 4.08. The van der Waals surface area contributed by atoms with E-state index in [0.717, 1.165) is 0 Å². The van der Waals surface area contributed by atoms with E-state index in [9.17, 15) is 9.18 Å². The summed E-state index contributed by atoms with van der Waals surface area (Å²) in [6.07, 6.45) is -0.968. The lowest BCUT2D eigenvalue weighted by Crippen LogP contribution is -2.25. The molecule has 0 bridgehead atoms. The molecule has 0 aromatic rings. The lowest BCUT2D eigenvalue weighted by atomic mass is 9.92. The van der Waals surface area contributed by atoms with E-state index in [1.807, 2.05) is 0 Å². The van der Waals surface area contributed by atoms with Crippen LogP contribution in [0.2, 0.25) is 0 Å². The molecule has 0 aliphatic heterocycles. The van der Waals surface area contributed by atoms with Crippen molar-refractivity contribution in [3.8, 4) is 0 Å². The van der Waals surface area contributed by atoms with Gasteiger partial charge in [0.05, 0.1) is 13.0 Å². The van der Waals surface area contributed by atoms with Gasteiger partial charge in [0.2, 0.25) is 0 Å². The molecule has 0 amide bonds. The van der Waals surface area contributed by atoms with Gasteiger partial charge in [0.15, 0.2) is 0 Å². The summed E-state index contributed by atoms with van der Waals surface area (Å²) in [5, 5.41) is 0. The van der Waals surface area contributed by atoms with Crippen LogP contribution in [0.15, 0.2) is 0 Å². The molecule has 0 aliphatic rings. The van der Waals surface area contributed by atoms with Crippen molar-refractivity contribution in [3.05, 3.63) is 0 Å². The molecule has 3 heteroatoms. The van der Waals surface area contributed by atoms with Gasteiger partial charge >= 0.3 is 5.97 Å². The third-order valence-corrected chi connectivity index (χ3v) is 2.09. The van der Waals surface area contributed by atoms with Gasteiger partial charge in [0.25, 0.3) is 0 Å². The minimum Gasteiger partial charge on any atom is -0.469 e. The molecule has 0 rings (SSSR count). The van der Waals surface area contributed by atoms with Crippen molar-refractivity contribution in [1.82, 2.24) is 0 Å². The summed E-state index contributed by atoms with van der Waals surface area (Å²) in [5.74, 6) is -0.982. The standard InChI is InChI=1S/C8H15FO2/c1-5(7(3)9)6(2)8(10)11-4/h5-7H,1-4H3/t5-,6?,7-/m0/s1. The first-order valence-electron chi connectivity index (χ1n) is 3.72. The predicted molar refractivity (Wildman–Crippen MR) is 40.9 cm³/mol. The van der Waals surface area contributed by atoms with Crippen LogP contribution in [0.25, 0.3) is 0 Å². The number of rotatable bonds is 3. The second-order valence-electron chi connectivity index (χ2n) is 2.85. The summed E-state index contributed by atoms with van der Waals surface area (Å²) < 4.78 is 17.1. The summed E-state index contributed by atoms with van der Waals surface area (Å²) >= 11 is 0. The molecule has 0 heterocycles. The molecule has 0 radical (unpaired) electrons. The van der Waals surface area contributed by atoms with Crippen molar-refractivity contribution in [2.24, 2.45) is 11.8 Å². The Morgan fingerprint density at radius 2 is 1.82 bits per heavy atom. The second kappa shape index (κ2) is 4.31. The van der Waals surface area contributed by atoms with Crippen molar-refractivity contribution in [3.63, 3.8) is 0 Å². The van der Waals surface area contributed by atoms with Crippen LogP contribution in [-0.2, 0) is 9.53 Å². The van der Waals surface area contributed by atoms with Gasteiger partial charge in [-0.15, -0.1) is 0 Å². The van der Waals surface area contributed by atoms with Gasteiger partial charge in [-0.2, -0.15) is 0 Å². The van der Waals surface area contributed by atoms with Crippen LogP contribution in [-0.4, -0.2) is 19.3 Å². The predicted octanol–water partition coefficient (Wildman–Crippen LogP) is 1.79. The van der Waals surface area contributed by atoms with Crippen molar-refractivity contribution >= 4 is 5.97 Å². The maximum Gasteiger partial charge on any atom is 0.308 e. The summed E-state index contributed by atoms with van der Waals surface area (Å²) in [4.78, 5) is 10.9. The topological polar surface area (TPSA) is 26.3 Å². The maximum absolute atomic E-state index is 12.6. The maximum atomic E-state index is 12.6. The van der Waals surface area contributed by atoms with E-state index in [4.69, 9.17) is 0 Å². The van der Waals surface area contributed by atoms with Crippen LogP contribution >= 0.6 is 0 Å². The summed E-state index contributed by atoms with van der Waals surface area (Å²) in [7, 11) is 1.31. The highest BCUT2D eigenvalue weighted by Gasteiger charge is 2.25. The molecule has 2 nitrogen and oxygen atoms in total.